The first-order valence-electron chi connectivity index (χ1n) is 7.68. The predicted molar refractivity (Wildman–Crippen MR) is 88.8 cm³/mol. The molecule has 0 heterocycles. The Hall–Kier alpha value is -1.80. The second-order valence-electron chi connectivity index (χ2n) is 5.52. The summed E-state index contributed by atoms with van der Waals surface area (Å²) in [7, 11) is 0. The molecule has 2 rings (SSSR count). The molecule has 112 valence electrons. The molecule has 0 aliphatic carbocycles. The van der Waals surface area contributed by atoms with Gasteiger partial charge in [0.15, 0.2) is 0 Å². The first kappa shape index (κ1) is 15.6. The Kier molecular flexibility index (Phi) is 5.82. The number of hydrogen-bond donors (Lipinski definition) is 1. The minimum atomic E-state index is 0.508. The van der Waals surface area contributed by atoms with Gasteiger partial charge < -0.3 is 10.1 Å². The van der Waals surface area contributed by atoms with Crippen LogP contribution in [0.5, 0.6) is 5.75 Å². The number of rotatable bonds is 7. The van der Waals surface area contributed by atoms with Crippen molar-refractivity contribution in [2.45, 2.75) is 39.8 Å². The summed E-state index contributed by atoms with van der Waals surface area (Å²) in [6, 6.07) is 17.3. The van der Waals surface area contributed by atoms with Crippen molar-refractivity contribution in [3.8, 4) is 5.75 Å². The minimum Gasteiger partial charge on any atom is -0.489 e. The topological polar surface area (TPSA) is 21.3 Å². The van der Waals surface area contributed by atoms with Crippen molar-refractivity contribution in [3.05, 3.63) is 65.2 Å². The van der Waals surface area contributed by atoms with Crippen molar-refractivity contribution >= 4 is 0 Å². The molecule has 0 spiro atoms. The van der Waals surface area contributed by atoms with Crippen LogP contribution in [0.25, 0.3) is 0 Å². The quantitative estimate of drug-likeness (QED) is 0.825. The van der Waals surface area contributed by atoms with E-state index in [1.807, 2.05) is 0 Å². The Morgan fingerprint density at radius 1 is 1.05 bits per heavy atom. The smallest absolute Gasteiger partial charge is 0.119 e. The zero-order chi connectivity index (χ0) is 15.1. The van der Waals surface area contributed by atoms with Crippen molar-refractivity contribution < 1.29 is 4.74 Å². The molecule has 0 saturated heterocycles. The third-order valence-corrected chi connectivity index (χ3v) is 3.67. The van der Waals surface area contributed by atoms with E-state index in [2.05, 4.69) is 74.6 Å². The fourth-order valence-electron chi connectivity index (χ4n) is 2.43. The van der Waals surface area contributed by atoms with E-state index in [-0.39, 0.29) is 0 Å². The van der Waals surface area contributed by atoms with E-state index in [0.29, 0.717) is 12.6 Å². The molecule has 1 atom stereocenters. The minimum absolute atomic E-state index is 0.508. The van der Waals surface area contributed by atoms with Gasteiger partial charge in [0.1, 0.15) is 12.4 Å². The summed E-state index contributed by atoms with van der Waals surface area (Å²) < 4.78 is 5.86. The average Bonchev–Trinajstić information content (AvgIpc) is 2.48. The van der Waals surface area contributed by atoms with Crippen LogP contribution >= 0.6 is 0 Å². The van der Waals surface area contributed by atoms with Crippen molar-refractivity contribution in [2.24, 2.45) is 0 Å². The van der Waals surface area contributed by atoms with Crippen LogP contribution in [0.15, 0.2) is 48.5 Å². The molecular weight excluding hydrogens is 258 g/mol. The third-order valence-electron chi connectivity index (χ3n) is 3.67. The van der Waals surface area contributed by atoms with Gasteiger partial charge >= 0.3 is 0 Å². The molecule has 1 unspecified atom stereocenters. The van der Waals surface area contributed by atoms with Crippen LogP contribution < -0.4 is 10.1 Å². The van der Waals surface area contributed by atoms with E-state index in [1.165, 1.54) is 16.7 Å². The fourth-order valence-corrected chi connectivity index (χ4v) is 2.43. The summed E-state index contributed by atoms with van der Waals surface area (Å²) >= 11 is 0. The Morgan fingerprint density at radius 3 is 2.43 bits per heavy atom. The molecule has 2 aromatic rings. The second kappa shape index (κ2) is 7.84. The fraction of sp³-hybridized carbons (Fsp3) is 0.368. The third kappa shape index (κ3) is 4.91. The summed E-state index contributed by atoms with van der Waals surface area (Å²) in [5.41, 5.74) is 3.85. The monoisotopic (exact) mass is 283 g/mol. The van der Waals surface area contributed by atoms with Gasteiger partial charge in [-0.25, -0.2) is 0 Å². The molecule has 0 aliphatic rings. The standard InChI is InChI=1S/C19H25NO/c1-4-20-16(3)13-17-9-11-19(12-10-17)21-14-18-8-6-5-7-15(18)2/h5-12,16,20H,4,13-14H2,1-3H3. The van der Waals surface area contributed by atoms with Crippen LogP contribution in [0.3, 0.4) is 0 Å². The van der Waals surface area contributed by atoms with E-state index in [9.17, 15) is 0 Å². The van der Waals surface area contributed by atoms with Gasteiger partial charge in [-0.2, -0.15) is 0 Å². The van der Waals surface area contributed by atoms with Crippen LogP contribution in [-0.2, 0) is 13.0 Å². The molecule has 0 aromatic heterocycles. The van der Waals surface area contributed by atoms with Crippen molar-refractivity contribution in [3.63, 3.8) is 0 Å². The van der Waals surface area contributed by atoms with Gasteiger partial charge in [-0.3, -0.25) is 0 Å². The number of aryl methyl sites for hydroxylation is 1. The van der Waals surface area contributed by atoms with E-state index in [4.69, 9.17) is 4.74 Å². The molecule has 2 nitrogen and oxygen atoms in total. The molecule has 0 amide bonds. The zero-order valence-corrected chi connectivity index (χ0v) is 13.2. The van der Waals surface area contributed by atoms with Crippen LogP contribution in [0.1, 0.15) is 30.5 Å². The van der Waals surface area contributed by atoms with Gasteiger partial charge in [-0.1, -0.05) is 43.3 Å². The van der Waals surface area contributed by atoms with Gasteiger partial charge in [-0.15, -0.1) is 0 Å². The van der Waals surface area contributed by atoms with Crippen LogP contribution in [0, 0.1) is 6.92 Å². The molecule has 0 radical (unpaired) electrons. The first-order valence-corrected chi connectivity index (χ1v) is 7.68. The molecule has 0 fully saturated rings. The Labute approximate surface area is 128 Å². The van der Waals surface area contributed by atoms with Crippen LogP contribution in [0.2, 0.25) is 0 Å². The number of hydrogen-bond acceptors (Lipinski definition) is 2. The largest absolute Gasteiger partial charge is 0.489 e. The lowest BCUT2D eigenvalue weighted by molar-refractivity contribution is 0.305. The number of likely N-dealkylation sites (N-methyl/N-ethyl adjacent to an activating group) is 1. The zero-order valence-electron chi connectivity index (χ0n) is 13.2. The maximum absolute atomic E-state index is 5.86. The van der Waals surface area contributed by atoms with Crippen LogP contribution in [0.4, 0.5) is 0 Å². The lowest BCUT2D eigenvalue weighted by Gasteiger charge is -2.13. The molecule has 0 aliphatic heterocycles. The van der Waals surface area contributed by atoms with Gasteiger partial charge in [-0.05, 0) is 55.6 Å². The van der Waals surface area contributed by atoms with E-state index in [1.54, 1.807) is 0 Å². The van der Waals surface area contributed by atoms with Crippen molar-refractivity contribution in [1.29, 1.82) is 0 Å². The lowest BCUT2D eigenvalue weighted by Crippen LogP contribution is -2.27. The summed E-state index contributed by atoms with van der Waals surface area (Å²) in [5, 5.41) is 3.43. The normalized spacial score (nSPS) is 12.1. The SMILES string of the molecule is CCNC(C)Cc1ccc(OCc2ccccc2C)cc1. The van der Waals surface area contributed by atoms with E-state index >= 15 is 0 Å². The highest BCUT2D eigenvalue weighted by Gasteiger charge is 2.03. The lowest BCUT2D eigenvalue weighted by atomic mass is 10.1. The molecule has 2 heteroatoms. The Bertz CT molecular complexity index is 548. The van der Waals surface area contributed by atoms with Gasteiger partial charge in [0, 0.05) is 6.04 Å². The number of benzene rings is 2. The summed E-state index contributed by atoms with van der Waals surface area (Å²) in [6.07, 6.45) is 1.05. The Morgan fingerprint density at radius 2 is 1.76 bits per heavy atom. The Balaban J connectivity index is 1.89. The molecule has 2 aromatic carbocycles. The summed E-state index contributed by atoms with van der Waals surface area (Å²) in [6.45, 7) is 8.10. The van der Waals surface area contributed by atoms with Crippen LogP contribution in [-0.4, -0.2) is 12.6 Å². The van der Waals surface area contributed by atoms with Crippen molar-refractivity contribution in [2.75, 3.05) is 6.54 Å². The van der Waals surface area contributed by atoms with E-state index in [0.717, 1.165) is 18.7 Å². The molecule has 1 N–H and O–H groups in total. The molecule has 0 bridgehead atoms. The number of nitrogens with one attached hydrogen (secondary N) is 1. The van der Waals surface area contributed by atoms with Gasteiger partial charge in [0.05, 0.1) is 0 Å². The molecule has 21 heavy (non-hydrogen) atoms. The highest BCUT2D eigenvalue weighted by atomic mass is 16.5. The second-order valence-corrected chi connectivity index (χ2v) is 5.52. The predicted octanol–water partition coefficient (Wildman–Crippen LogP) is 4.11. The highest BCUT2D eigenvalue weighted by Crippen LogP contribution is 2.16. The molecular formula is C19H25NO. The first-order chi connectivity index (χ1) is 10.2. The summed E-state index contributed by atoms with van der Waals surface area (Å²) in [5.74, 6) is 0.929. The van der Waals surface area contributed by atoms with Crippen molar-refractivity contribution in [1.82, 2.24) is 5.32 Å². The number of ether oxygens (including phenoxy) is 1. The maximum Gasteiger partial charge on any atom is 0.119 e. The molecule has 0 saturated carbocycles. The average molecular weight is 283 g/mol. The highest BCUT2D eigenvalue weighted by molar-refractivity contribution is 5.29. The summed E-state index contributed by atoms with van der Waals surface area (Å²) in [4.78, 5) is 0. The maximum atomic E-state index is 5.86. The van der Waals surface area contributed by atoms with Gasteiger partial charge in [0.2, 0.25) is 0 Å². The van der Waals surface area contributed by atoms with E-state index < -0.39 is 0 Å². The van der Waals surface area contributed by atoms with Gasteiger partial charge in [0.25, 0.3) is 0 Å².